The number of nitriles is 1. The molecule has 0 N–H and O–H groups in total. The molecule has 1 aromatic carbocycles. The number of rotatable bonds is 2. The maximum absolute atomic E-state index is 12.4. The fourth-order valence-corrected chi connectivity index (χ4v) is 2.31. The molecule has 0 aliphatic rings. The highest BCUT2D eigenvalue weighted by Crippen LogP contribution is 2.13. The van der Waals surface area contributed by atoms with E-state index in [2.05, 4.69) is 16.0 Å². The first kappa shape index (κ1) is 13.0. The second kappa shape index (κ2) is 5.17. The molecule has 0 aliphatic carbocycles. The van der Waals surface area contributed by atoms with E-state index in [1.54, 1.807) is 23.8 Å². The van der Waals surface area contributed by atoms with Gasteiger partial charge in [0, 0.05) is 11.8 Å². The van der Waals surface area contributed by atoms with Crippen LogP contribution in [0.3, 0.4) is 0 Å². The van der Waals surface area contributed by atoms with Crippen LogP contribution in [0.15, 0.2) is 47.4 Å². The number of benzene rings is 1. The van der Waals surface area contributed by atoms with E-state index in [0.717, 1.165) is 16.6 Å². The summed E-state index contributed by atoms with van der Waals surface area (Å²) in [4.78, 5) is 20.7. The van der Waals surface area contributed by atoms with Gasteiger partial charge in [-0.2, -0.15) is 5.26 Å². The van der Waals surface area contributed by atoms with Crippen molar-refractivity contribution in [2.24, 2.45) is 0 Å². The maximum atomic E-state index is 12.4. The van der Waals surface area contributed by atoms with Crippen molar-refractivity contribution in [3.8, 4) is 6.07 Å². The van der Waals surface area contributed by atoms with Crippen molar-refractivity contribution in [1.29, 1.82) is 5.26 Å². The summed E-state index contributed by atoms with van der Waals surface area (Å²) < 4.78 is 1.63. The first-order valence-electron chi connectivity index (χ1n) is 6.51. The second-order valence-corrected chi connectivity index (χ2v) is 4.70. The highest BCUT2D eigenvalue weighted by Gasteiger charge is 2.10. The molecular formula is C16H12N4O. The zero-order valence-corrected chi connectivity index (χ0v) is 11.4. The molecule has 0 atom stereocenters. The maximum Gasteiger partial charge on any atom is 0.272 e. The van der Waals surface area contributed by atoms with Gasteiger partial charge in [-0.3, -0.25) is 4.79 Å². The highest BCUT2D eigenvalue weighted by molar-refractivity contribution is 5.74. The largest absolute Gasteiger partial charge is 0.301 e. The van der Waals surface area contributed by atoms with Gasteiger partial charge in [0.2, 0.25) is 0 Å². The molecule has 0 bridgehead atoms. The lowest BCUT2D eigenvalue weighted by atomic mass is 10.2. The molecule has 0 spiro atoms. The Morgan fingerprint density at radius 2 is 2.05 bits per heavy atom. The number of hydrogen-bond acceptors (Lipinski definition) is 4. The minimum atomic E-state index is -0.151. The van der Waals surface area contributed by atoms with Gasteiger partial charge in [0.25, 0.3) is 5.56 Å². The summed E-state index contributed by atoms with van der Waals surface area (Å²) in [5.41, 5.74) is 2.86. The fourth-order valence-electron chi connectivity index (χ4n) is 2.31. The average molecular weight is 276 g/mol. The molecule has 0 unspecified atom stereocenters. The highest BCUT2D eigenvalue weighted by atomic mass is 16.1. The Hall–Kier alpha value is -3.00. The van der Waals surface area contributed by atoms with Crippen molar-refractivity contribution in [2.45, 2.75) is 13.5 Å². The van der Waals surface area contributed by atoms with Gasteiger partial charge in [0.05, 0.1) is 17.6 Å². The van der Waals surface area contributed by atoms with E-state index in [-0.39, 0.29) is 5.56 Å². The van der Waals surface area contributed by atoms with E-state index >= 15 is 0 Å². The summed E-state index contributed by atoms with van der Waals surface area (Å²) in [6, 6.07) is 13.1. The van der Waals surface area contributed by atoms with Gasteiger partial charge in [-0.25, -0.2) is 9.97 Å². The third kappa shape index (κ3) is 2.28. The molecule has 0 saturated carbocycles. The van der Waals surface area contributed by atoms with Crippen molar-refractivity contribution in [2.75, 3.05) is 0 Å². The average Bonchev–Trinajstić information content (AvgIpc) is 2.52. The van der Waals surface area contributed by atoms with E-state index in [1.807, 2.05) is 30.3 Å². The third-order valence-corrected chi connectivity index (χ3v) is 3.34. The third-order valence-electron chi connectivity index (χ3n) is 3.34. The summed E-state index contributed by atoms with van der Waals surface area (Å²) in [5, 5.41) is 9.12. The van der Waals surface area contributed by atoms with Gasteiger partial charge in [-0.15, -0.1) is 0 Å². The molecule has 3 rings (SSSR count). The quantitative estimate of drug-likeness (QED) is 0.718. The molecule has 0 radical (unpaired) electrons. The molecule has 21 heavy (non-hydrogen) atoms. The molecule has 102 valence electrons. The minimum absolute atomic E-state index is 0.151. The second-order valence-electron chi connectivity index (χ2n) is 4.70. The van der Waals surface area contributed by atoms with E-state index in [0.29, 0.717) is 17.9 Å². The molecule has 5 nitrogen and oxygen atoms in total. The molecule has 5 heteroatoms. The van der Waals surface area contributed by atoms with E-state index in [4.69, 9.17) is 5.26 Å². The molecule has 0 fully saturated rings. The number of nitrogens with zero attached hydrogens (tertiary/aromatic N) is 4. The number of pyridine rings is 1. The number of fused-ring (bicyclic) bond motifs is 1. The van der Waals surface area contributed by atoms with Crippen LogP contribution in [0.25, 0.3) is 11.0 Å². The number of hydrogen-bond donors (Lipinski definition) is 0. The number of aryl methyl sites for hydroxylation is 1. The van der Waals surface area contributed by atoms with Gasteiger partial charge >= 0.3 is 0 Å². The smallest absolute Gasteiger partial charge is 0.272 e. The lowest BCUT2D eigenvalue weighted by Gasteiger charge is -2.11. The fraction of sp³-hybridized carbons (Fsp3) is 0.125. The number of aromatic nitrogens is 3. The Morgan fingerprint density at radius 3 is 2.86 bits per heavy atom. The normalized spacial score (nSPS) is 10.5. The van der Waals surface area contributed by atoms with Crippen molar-refractivity contribution in [3.05, 3.63) is 69.9 Å². The summed E-state index contributed by atoms with van der Waals surface area (Å²) in [7, 11) is 0. The monoisotopic (exact) mass is 276 g/mol. The van der Waals surface area contributed by atoms with Crippen LogP contribution in [0.5, 0.6) is 0 Å². The topological polar surface area (TPSA) is 71.6 Å². The lowest BCUT2D eigenvalue weighted by molar-refractivity contribution is 0.770. The zero-order chi connectivity index (χ0) is 14.8. The molecule has 0 amide bonds. The van der Waals surface area contributed by atoms with Crippen molar-refractivity contribution in [1.82, 2.24) is 14.5 Å². The molecule has 2 heterocycles. The predicted molar refractivity (Wildman–Crippen MR) is 78.8 cm³/mol. The summed E-state index contributed by atoms with van der Waals surface area (Å²) in [5.74, 6) is 0. The Kier molecular flexibility index (Phi) is 3.20. The van der Waals surface area contributed by atoms with Gasteiger partial charge in [-0.1, -0.05) is 18.2 Å². The summed E-state index contributed by atoms with van der Waals surface area (Å²) in [6.07, 6.45) is 1.57. The van der Waals surface area contributed by atoms with Crippen molar-refractivity contribution >= 4 is 11.0 Å². The first-order chi connectivity index (χ1) is 10.2. The van der Waals surface area contributed by atoms with Crippen LogP contribution in [0.1, 0.15) is 17.0 Å². The van der Waals surface area contributed by atoms with E-state index in [1.165, 1.54) is 0 Å². The Morgan fingerprint density at radius 1 is 1.24 bits per heavy atom. The summed E-state index contributed by atoms with van der Waals surface area (Å²) >= 11 is 0. The molecule has 2 aromatic heterocycles. The van der Waals surface area contributed by atoms with Crippen LogP contribution >= 0.6 is 0 Å². The first-order valence-corrected chi connectivity index (χ1v) is 6.51. The van der Waals surface area contributed by atoms with Crippen LogP contribution in [0, 0.1) is 18.3 Å². The SMILES string of the molecule is Cc1nc2ccccc2n(Cc2cccnc2C#N)c1=O. The standard InChI is InChI=1S/C16H12N4O/c1-11-16(21)20(15-7-3-2-6-13(15)19-11)10-12-5-4-8-18-14(12)9-17/h2-8H,10H2,1H3. The van der Waals surface area contributed by atoms with Crippen molar-refractivity contribution in [3.63, 3.8) is 0 Å². The van der Waals surface area contributed by atoms with E-state index < -0.39 is 0 Å². The van der Waals surface area contributed by atoms with E-state index in [9.17, 15) is 4.79 Å². The predicted octanol–water partition coefficient (Wildman–Crippen LogP) is 2.02. The van der Waals surface area contributed by atoms with Gasteiger partial charge in [-0.05, 0) is 25.1 Å². The number of para-hydroxylation sites is 2. The summed E-state index contributed by atoms with van der Waals surface area (Å²) in [6.45, 7) is 2.00. The molecule has 0 saturated heterocycles. The zero-order valence-electron chi connectivity index (χ0n) is 11.4. The Labute approximate surface area is 121 Å². The Bertz CT molecular complexity index is 921. The van der Waals surface area contributed by atoms with Gasteiger partial charge in [0.15, 0.2) is 0 Å². The van der Waals surface area contributed by atoms with Gasteiger partial charge < -0.3 is 4.57 Å². The molecular weight excluding hydrogens is 264 g/mol. The van der Waals surface area contributed by atoms with Gasteiger partial charge in [0.1, 0.15) is 17.5 Å². The lowest BCUT2D eigenvalue weighted by Crippen LogP contribution is -2.25. The molecule has 3 aromatic rings. The van der Waals surface area contributed by atoms with Crippen LogP contribution in [-0.4, -0.2) is 14.5 Å². The van der Waals surface area contributed by atoms with Crippen LogP contribution in [-0.2, 0) is 6.54 Å². The van der Waals surface area contributed by atoms with Crippen LogP contribution in [0.2, 0.25) is 0 Å². The van der Waals surface area contributed by atoms with Crippen LogP contribution < -0.4 is 5.56 Å². The van der Waals surface area contributed by atoms with Crippen LogP contribution in [0.4, 0.5) is 0 Å². The minimum Gasteiger partial charge on any atom is -0.301 e. The van der Waals surface area contributed by atoms with Crippen molar-refractivity contribution < 1.29 is 0 Å². The Balaban J connectivity index is 2.23. The molecule has 0 aliphatic heterocycles.